The van der Waals surface area contributed by atoms with E-state index >= 15 is 4.39 Å². The number of piperidine rings is 1. The zero-order valence-electron chi connectivity index (χ0n) is 23.0. The summed E-state index contributed by atoms with van der Waals surface area (Å²) in [5.41, 5.74) is 2.16. The van der Waals surface area contributed by atoms with Crippen LogP contribution in [-0.4, -0.2) is 81.6 Å². The second-order valence-electron chi connectivity index (χ2n) is 10.5. The standard InChI is InChI=1S/C30H33FN8O2/c1-3-28(40)38-11-7-21(8-12-38)24-9-13-39-29(24)30(33-20-34-39)35-26-5-4-22(18-25(26)31)41-23-6-10-32-27(19-23)37-16-14-36(2)15-17-37/h3-6,9-10,13,18-21H,1,7-8,11-12,14-17H2,2H3,(H,33,34,35). The normalized spacial score (nSPS) is 16.6. The number of nitrogens with one attached hydrogen (secondary N) is 1. The molecule has 11 heteroatoms. The minimum atomic E-state index is -0.461. The van der Waals surface area contributed by atoms with Crippen molar-refractivity contribution < 1.29 is 13.9 Å². The summed E-state index contributed by atoms with van der Waals surface area (Å²) in [6.45, 7) is 8.66. The number of nitrogens with zero attached hydrogens (tertiary/aromatic N) is 7. The highest BCUT2D eigenvalue weighted by atomic mass is 19.1. The summed E-state index contributed by atoms with van der Waals surface area (Å²) in [5, 5.41) is 7.51. The number of halogens is 1. The average molecular weight is 557 g/mol. The summed E-state index contributed by atoms with van der Waals surface area (Å²) >= 11 is 0. The number of carbonyl (C=O) groups excluding carboxylic acids is 1. The molecule has 4 aromatic rings. The second-order valence-corrected chi connectivity index (χ2v) is 10.5. The van der Waals surface area contributed by atoms with E-state index in [1.54, 1.807) is 28.9 Å². The molecule has 6 rings (SSSR count). The second kappa shape index (κ2) is 11.5. The molecule has 1 aromatic carbocycles. The number of benzene rings is 1. The summed E-state index contributed by atoms with van der Waals surface area (Å²) < 4.78 is 23.1. The van der Waals surface area contributed by atoms with E-state index in [9.17, 15) is 4.79 Å². The van der Waals surface area contributed by atoms with Crippen LogP contribution in [0.25, 0.3) is 5.52 Å². The maximum Gasteiger partial charge on any atom is 0.245 e. The number of likely N-dealkylation sites (tertiary alicyclic amines) is 1. The van der Waals surface area contributed by atoms with Crippen molar-refractivity contribution in [3.63, 3.8) is 0 Å². The molecule has 1 N–H and O–H groups in total. The van der Waals surface area contributed by atoms with Crippen molar-refractivity contribution >= 4 is 28.7 Å². The Bertz CT molecular complexity index is 1560. The van der Waals surface area contributed by atoms with Gasteiger partial charge in [0.2, 0.25) is 5.91 Å². The Morgan fingerprint density at radius 1 is 1.05 bits per heavy atom. The Balaban J connectivity index is 1.17. The number of ether oxygens (including phenoxy) is 1. The molecule has 1 amide bonds. The Morgan fingerprint density at radius 3 is 2.59 bits per heavy atom. The fourth-order valence-corrected chi connectivity index (χ4v) is 5.54. The minimum absolute atomic E-state index is 0.0433. The molecule has 0 atom stereocenters. The van der Waals surface area contributed by atoms with E-state index in [0.29, 0.717) is 30.4 Å². The monoisotopic (exact) mass is 556 g/mol. The third-order valence-electron chi connectivity index (χ3n) is 7.88. The molecule has 0 radical (unpaired) electrons. The van der Waals surface area contributed by atoms with Crippen molar-refractivity contribution in [2.75, 3.05) is 56.5 Å². The number of pyridine rings is 1. The number of rotatable bonds is 7. The summed E-state index contributed by atoms with van der Waals surface area (Å²) in [6.07, 6.45) is 8.04. The lowest BCUT2D eigenvalue weighted by Crippen LogP contribution is -2.44. The van der Waals surface area contributed by atoms with Crippen LogP contribution >= 0.6 is 0 Å². The van der Waals surface area contributed by atoms with Gasteiger partial charge >= 0.3 is 0 Å². The van der Waals surface area contributed by atoms with Gasteiger partial charge in [-0.1, -0.05) is 6.58 Å². The highest BCUT2D eigenvalue weighted by Gasteiger charge is 2.26. The van der Waals surface area contributed by atoms with Crippen LogP contribution in [0.2, 0.25) is 0 Å². The fraction of sp³-hybridized carbons (Fsp3) is 0.333. The number of anilines is 3. The number of amides is 1. The van der Waals surface area contributed by atoms with Gasteiger partial charge < -0.3 is 24.8 Å². The van der Waals surface area contributed by atoms with Gasteiger partial charge in [0.25, 0.3) is 0 Å². The van der Waals surface area contributed by atoms with E-state index < -0.39 is 5.82 Å². The highest BCUT2D eigenvalue weighted by molar-refractivity contribution is 5.87. The highest BCUT2D eigenvalue weighted by Crippen LogP contribution is 2.35. The minimum Gasteiger partial charge on any atom is -0.457 e. The van der Waals surface area contributed by atoms with Crippen LogP contribution in [0.1, 0.15) is 24.3 Å². The maximum absolute atomic E-state index is 15.3. The smallest absolute Gasteiger partial charge is 0.245 e. The van der Waals surface area contributed by atoms with Crippen molar-refractivity contribution in [3.05, 3.63) is 79.2 Å². The fourth-order valence-electron chi connectivity index (χ4n) is 5.54. The van der Waals surface area contributed by atoms with Crippen molar-refractivity contribution in [2.45, 2.75) is 18.8 Å². The molecule has 5 heterocycles. The van der Waals surface area contributed by atoms with Crippen LogP contribution in [0, 0.1) is 5.82 Å². The molecule has 0 unspecified atom stereocenters. The lowest BCUT2D eigenvalue weighted by atomic mass is 9.90. The average Bonchev–Trinajstić information content (AvgIpc) is 3.44. The molecule has 2 aliphatic heterocycles. The SMILES string of the molecule is C=CC(=O)N1CCC(c2ccn3ncnc(Nc4ccc(Oc5ccnc(N6CCN(C)CC6)c5)cc4F)c23)CC1. The summed E-state index contributed by atoms with van der Waals surface area (Å²) in [6, 6.07) is 10.4. The van der Waals surface area contributed by atoms with E-state index in [4.69, 9.17) is 4.74 Å². The largest absolute Gasteiger partial charge is 0.457 e. The van der Waals surface area contributed by atoms with Gasteiger partial charge in [-0.05, 0) is 61.7 Å². The molecule has 0 aliphatic carbocycles. The van der Waals surface area contributed by atoms with E-state index in [1.165, 1.54) is 18.5 Å². The molecule has 0 saturated carbocycles. The first-order chi connectivity index (χ1) is 20.0. The molecule has 3 aromatic heterocycles. The Morgan fingerprint density at radius 2 is 1.83 bits per heavy atom. The zero-order chi connectivity index (χ0) is 28.3. The van der Waals surface area contributed by atoms with Crippen LogP contribution in [0.4, 0.5) is 21.7 Å². The zero-order valence-corrected chi connectivity index (χ0v) is 23.0. The van der Waals surface area contributed by atoms with Crippen LogP contribution in [0.15, 0.2) is 67.8 Å². The van der Waals surface area contributed by atoms with Crippen molar-refractivity contribution in [1.29, 1.82) is 0 Å². The first-order valence-electron chi connectivity index (χ1n) is 13.9. The van der Waals surface area contributed by atoms with E-state index in [-0.39, 0.29) is 17.5 Å². The van der Waals surface area contributed by atoms with Crippen molar-refractivity contribution in [2.24, 2.45) is 0 Å². The van der Waals surface area contributed by atoms with Crippen LogP contribution in [0.3, 0.4) is 0 Å². The molecule has 2 saturated heterocycles. The number of carbonyl (C=O) groups is 1. The van der Waals surface area contributed by atoms with Gasteiger partial charge in [-0.25, -0.2) is 18.9 Å². The van der Waals surface area contributed by atoms with Gasteiger partial charge in [-0.15, -0.1) is 0 Å². The third-order valence-corrected chi connectivity index (χ3v) is 7.88. The first kappa shape index (κ1) is 26.7. The maximum atomic E-state index is 15.3. The predicted molar refractivity (Wildman–Crippen MR) is 155 cm³/mol. The molecule has 212 valence electrons. The van der Waals surface area contributed by atoms with Gasteiger partial charge in [0.05, 0.1) is 5.69 Å². The summed E-state index contributed by atoms with van der Waals surface area (Å²) in [7, 11) is 2.11. The van der Waals surface area contributed by atoms with Crippen molar-refractivity contribution in [1.82, 2.24) is 29.4 Å². The summed E-state index contributed by atoms with van der Waals surface area (Å²) in [4.78, 5) is 27.3. The van der Waals surface area contributed by atoms with Crippen molar-refractivity contribution in [3.8, 4) is 11.5 Å². The number of hydrogen-bond donors (Lipinski definition) is 1. The Kier molecular flexibility index (Phi) is 7.51. The molecule has 41 heavy (non-hydrogen) atoms. The molecule has 0 spiro atoms. The number of hydrogen-bond acceptors (Lipinski definition) is 8. The van der Waals surface area contributed by atoms with E-state index in [2.05, 4.69) is 43.8 Å². The third kappa shape index (κ3) is 5.71. The lowest BCUT2D eigenvalue weighted by molar-refractivity contribution is -0.127. The van der Waals surface area contributed by atoms with E-state index in [1.807, 2.05) is 23.2 Å². The van der Waals surface area contributed by atoms with Gasteiger partial charge in [-0.2, -0.15) is 5.10 Å². The predicted octanol–water partition coefficient (Wildman–Crippen LogP) is 4.44. The van der Waals surface area contributed by atoms with Crippen LogP contribution in [-0.2, 0) is 4.79 Å². The van der Waals surface area contributed by atoms with Crippen LogP contribution in [0.5, 0.6) is 11.5 Å². The van der Waals surface area contributed by atoms with Gasteiger partial charge in [-0.3, -0.25) is 4.79 Å². The molecular weight excluding hydrogens is 523 g/mol. The topological polar surface area (TPSA) is 91.1 Å². The number of aromatic nitrogens is 4. The quantitative estimate of drug-likeness (QED) is 0.334. The number of piperazine rings is 1. The van der Waals surface area contributed by atoms with E-state index in [0.717, 1.165) is 55.9 Å². The van der Waals surface area contributed by atoms with Crippen LogP contribution < -0.4 is 15.0 Å². The Labute approximate surface area is 238 Å². The lowest BCUT2D eigenvalue weighted by Gasteiger charge is -2.33. The molecule has 0 bridgehead atoms. The molecular formula is C30H33FN8O2. The number of likely N-dealkylation sites (N-methyl/N-ethyl adjacent to an activating group) is 1. The number of fused-ring (bicyclic) bond motifs is 1. The molecule has 2 fully saturated rings. The molecule has 2 aliphatic rings. The van der Waals surface area contributed by atoms with Gasteiger partial charge in [0.1, 0.15) is 35.0 Å². The first-order valence-corrected chi connectivity index (χ1v) is 13.9. The van der Waals surface area contributed by atoms with Gasteiger partial charge in [0, 0.05) is 63.8 Å². The summed E-state index contributed by atoms with van der Waals surface area (Å²) in [5.74, 6) is 2.09. The molecule has 10 nitrogen and oxygen atoms in total. The van der Waals surface area contributed by atoms with Gasteiger partial charge in [0.15, 0.2) is 5.82 Å². The Hall–Kier alpha value is -4.51.